The summed E-state index contributed by atoms with van der Waals surface area (Å²) in [5.74, 6) is 0.448. The second-order valence-corrected chi connectivity index (χ2v) is 7.15. The maximum Gasteiger partial charge on any atom is 0.434 e. The summed E-state index contributed by atoms with van der Waals surface area (Å²) in [5, 5.41) is 7.18. The van der Waals surface area contributed by atoms with Crippen molar-refractivity contribution >= 4 is 41.3 Å². The normalized spacial score (nSPS) is 18.8. The smallest absolute Gasteiger partial charge is 0.357 e. The van der Waals surface area contributed by atoms with Crippen LogP contribution in [0.4, 0.5) is 26.3 Å². The number of likely N-dealkylation sites (tertiary alicyclic amines) is 1. The molecular weight excluding hydrogens is 523 g/mol. The molecule has 1 saturated heterocycles. The minimum absolute atomic E-state index is 0. The van der Waals surface area contributed by atoms with Crippen molar-refractivity contribution in [2.75, 3.05) is 32.7 Å². The number of rotatable bonds is 6. The number of nitrogens with zero attached hydrogens (tertiary/aromatic N) is 3. The van der Waals surface area contributed by atoms with Crippen molar-refractivity contribution in [3.63, 3.8) is 0 Å². The first-order valence-electron chi connectivity index (χ1n) is 8.39. The number of hydrogen-bond acceptors (Lipinski definition) is 4. The van der Waals surface area contributed by atoms with Gasteiger partial charge in [-0.25, -0.2) is 9.98 Å². The van der Waals surface area contributed by atoms with E-state index in [1.54, 1.807) is 0 Å². The van der Waals surface area contributed by atoms with E-state index in [1.165, 1.54) is 4.90 Å². The minimum atomic E-state index is -4.48. The van der Waals surface area contributed by atoms with E-state index in [4.69, 9.17) is 0 Å². The van der Waals surface area contributed by atoms with E-state index in [0.717, 1.165) is 16.7 Å². The Labute approximate surface area is 180 Å². The lowest BCUT2D eigenvalue weighted by atomic mass is 10.1. The molecule has 0 aliphatic carbocycles. The molecule has 1 unspecified atom stereocenters. The Morgan fingerprint density at radius 1 is 1.29 bits per heavy atom. The summed E-state index contributed by atoms with van der Waals surface area (Å²) >= 11 is 0.878. The maximum atomic E-state index is 12.6. The third-order valence-corrected chi connectivity index (χ3v) is 4.72. The molecule has 0 aromatic carbocycles. The van der Waals surface area contributed by atoms with Crippen LogP contribution in [0, 0.1) is 5.92 Å². The Balaban J connectivity index is 0.00000392. The second kappa shape index (κ2) is 10.8. The summed E-state index contributed by atoms with van der Waals surface area (Å²) in [6, 6.07) is 0. The highest BCUT2D eigenvalue weighted by Gasteiger charge is 2.34. The van der Waals surface area contributed by atoms with Gasteiger partial charge in [0.05, 0.1) is 13.1 Å². The van der Waals surface area contributed by atoms with Gasteiger partial charge < -0.3 is 10.6 Å². The fourth-order valence-electron chi connectivity index (χ4n) is 2.72. The zero-order chi connectivity index (χ0) is 20.1. The number of hydrogen-bond donors (Lipinski definition) is 2. The zero-order valence-corrected chi connectivity index (χ0v) is 18.2. The molecule has 13 heteroatoms. The van der Waals surface area contributed by atoms with Gasteiger partial charge in [0.15, 0.2) is 11.7 Å². The van der Waals surface area contributed by atoms with Crippen LogP contribution in [-0.4, -0.2) is 54.7 Å². The summed E-state index contributed by atoms with van der Waals surface area (Å²) in [6.45, 7) is 2.62. The fourth-order valence-corrected chi connectivity index (χ4v) is 3.44. The topological polar surface area (TPSA) is 52.6 Å². The average molecular weight is 545 g/mol. The van der Waals surface area contributed by atoms with Crippen molar-refractivity contribution in [2.24, 2.45) is 10.9 Å². The molecule has 0 spiro atoms. The Kier molecular flexibility index (Phi) is 9.73. The Morgan fingerprint density at radius 2 is 2.00 bits per heavy atom. The summed E-state index contributed by atoms with van der Waals surface area (Å²) in [5.41, 5.74) is -0.939. The van der Waals surface area contributed by atoms with E-state index in [-0.39, 0.29) is 41.4 Å². The van der Waals surface area contributed by atoms with E-state index in [0.29, 0.717) is 38.6 Å². The number of halogens is 7. The van der Waals surface area contributed by atoms with E-state index < -0.39 is 24.6 Å². The van der Waals surface area contributed by atoms with Crippen LogP contribution >= 0.6 is 35.3 Å². The lowest BCUT2D eigenvalue weighted by molar-refractivity contribution is -0.144. The molecule has 1 aromatic heterocycles. The van der Waals surface area contributed by atoms with Crippen LogP contribution < -0.4 is 10.6 Å². The predicted molar refractivity (Wildman–Crippen MR) is 106 cm³/mol. The number of nitrogens with one attached hydrogen (secondary N) is 2. The van der Waals surface area contributed by atoms with Crippen LogP contribution in [0.3, 0.4) is 0 Å². The zero-order valence-electron chi connectivity index (χ0n) is 15.0. The molecule has 0 amide bonds. The number of alkyl halides is 6. The van der Waals surface area contributed by atoms with Crippen molar-refractivity contribution in [3.05, 3.63) is 16.1 Å². The number of guanidine groups is 1. The summed E-state index contributed by atoms with van der Waals surface area (Å²) in [7, 11) is 0. The van der Waals surface area contributed by atoms with Crippen LogP contribution in [0.15, 0.2) is 10.4 Å². The van der Waals surface area contributed by atoms with Crippen LogP contribution in [0.1, 0.15) is 24.0 Å². The van der Waals surface area contributed by atoms with Crippen molar-refractivity contribution in [1.29, 1.82) is 0 Å². The Bertz CT molecular complexity index is 633. The summed E-state index contributed by atoms with van der Waals surface area (Å²) in [4.78, 5) is 9.08. The minimum Gasteiger partial charge on any atom is -0.357 e. The van der Waals surface area contributed by atoms with Crippen molar-refractivity contribution in [1.82, 2.24) is 20.5 Å². The Morgan fingerprint density at radius 3 is 2.57 bits per heavy atom. The van der Waals surface area contributed by atoms with Gasteiger partial charge >= 0.3 is 12.4 Å². The third-order valence-electron chi connectivity index (χ3n) is 3.89. The van der Waals surface area contributed by atoms with Gasteiger partial charge in [-0.3, -0.25) is 4.90 Å². The molecule has 1 aromatic rings. The number of aromatic nitrogens is 1. The largest absolute Gasteiger partial charge is 0.434 e. The van der Waals surface area contributed by atoms with Crippen LogP contribution in [0.5, 0.6) is 0 Å². The highest BCUT2D eigenvalue weighted by Crippen LogP contribution is 2.30. The predicted octanol–water partition coefficient (Wildman–Crippen LogP) is 3.72. The number of thiazole rings is 1. The van der Waals surface area contributed by atoms with Gasteiger partial charge in [-0.15, -0.1) is 35.3 Å². The van der Waals surface area contributed by atoms with E-state index in [1.807, 2.05) is 6.92 Å². The van der Waals surface area contributed by atoms with Gasteiger partial charge in [-0.2, -0.15) is 26.3 Å². The molecule has 2 rings (SSSR count). The molecule has 0 saturated carbocycles. The molecule has 1 fully saturated rings. The highest BCUT2D eigenvalue weighted by atomic mass is 127. The standard InChI is InChI=1S/C15H21F6N5S.HI/c1-2-22-13(24-6-12-25-11(8-27-12)15(19,20)21)23-5-10-3-4-26(7-10)9-14(16,17)18;/h8,10H,2-7,9H2,1H3,(H2,22,23,24);1H. The first-order chi connectivity index (χ1) is 12.6. The molecular formula is C15H22F6IN5S. The molecule has 162 valence electrons. The molecule has 1 aliphatic heterocycles. The van der Waals surface area contributed by atoms with Gasteiger partial charge in [-0.05, 0) is 25.8 Å². The van der Waals surface area contributed by atoms with Crippen LogP contribution in [-0.2, 0) is 12.7 Å². The summed E-state index contributed by atoms with van der Waals surface area (Å²) in [6.07, 6.45) is -8.04. The second-order valence-electron chi connectivity index (χ2n) is 6.21. The van der Waals surface area contributed by atoms with Crippen molar-refractivity contribution in [2.45, 2.75) is 32.2 Å². The van der Waals surface area contributed by atoms with Crippen molar-refractivity contribution < 1.29 is 26.3 Å². The lowest BCUT2D eigenvalue weighted by Crippen LogP contribution is -2.40. The van der Waals surface area contributed by atoms with E-state index in [2.05, 4.69) is 20.6 Å². The van der Waals surface area contributed by atoms with Crippen LogP contribution in [0.25, 0.3) is 0 Å². The van der Waals surface area contributed by atoms with Gasteiger partial charge in [0.25, 0.3) is 0 Å². The molecule has 0 bridgehead atoms. The average Bonchev–Trinajstić information content (AvgIpc) is 3.17. The van der Waals surface area contributed by atoms with Gasteiger partial charge in [0, 0.05) is 25.0 Å². The van der Waals surface area contributed by atoms with E-state index >= 15 is 0 Å². The monoisotopic (exact) mass is 545 g/mol. The number of aliphatic imine (C=N–C) groups is 1. The van der Waals surface area contributed by atoms with Gasteiger partial charge in [0.1, 0.15) is 5.01 Å². The first-order valence-corrected chi connectivity index (χ1v) is 9.27. The van der Waals surface area contributed by atoms with Gasteiger partial charge in [0.2, 0.25) is 0 Å². The molecule has 2 N–H and O–H groups in total. The SMILES string of the molecule is CCNC(=NCc1nc(C(F)(F)F)cs1)NCC1CCN(CC(F)(F)F)C1.I. The maximum absolute atomic E-state index is 12.6. The molecule has 1 atom stereocenters. The third kappa shape index (κ3) is 8.68. The lowest BCUT2D eigenvalue weighted by Gasteiger charge is -2.18. The summed E-state index contributed by atoms with van der Waals surface area (Å²) < 4.78 is 74.9. The molecule has 5 nitrogen and oxygen atoms in total. The fraction of sp³-hybridized carbons (Fsp3) is 0.733. The molecule has 28 heavy (non-hydrogen) atoms. The van der Waals surface area contributed by atoms with Crippen LogP contribution in [0.2, 0.25) is 0 Å². The van der Waals surface area contributed by atoms with Gasteiger partial charge in [-0.1, -0.05) is 0 Å². The van der Waals surface area contributed by atoms with Crippen molar-refractivity contribution in [3.8, 4) is 0 Å². The molecule has 1 aliphatic rings. The highest BCUT2D eigenvalue weighted by molar-refractivity contribution is 14.0. The molecule has 0 radical (unpaired) electrons. The first kappa shape index (κ1) is 25.2. The van der Waals surface area contributed by atoms with E-state index in [9.17, 15) is 26.3 Å². The quantitative estimate of drug-likeness (QED) is 0.248. The molecule has 2 heterocycles. The Hall–Kier alpha value is -0.830.